The van der Waals surface area contributed by atoms with E-state index in [2.05, 4.69) is 41.1 Å². The van der Waals surface area contributed by atoms with E-state index in [9.17, 15) is 10.4 Å². The Bertz CT molecular complexity index is 705. The smallest absolute Gasteiger partial charge is 0.293 e. The lowest BCUT2D eigenvalue weighted by atomic mass is 10.1. The molecule has 0 bridgehead atoms. The second kappa shape index (κ2) is 5.71. The van der Waals surface area contributed by atoms with Crippen molar-refractivity contribution < 1.29 is 10.1 Å². The minimum atomic E-state index is -0.309. The summed E-state index contributed by atoms with van der Waals surface area (Å²) in [7, 11) is 0. The van der Waals surface area contributed by atoms with Gasteiger partial charge in [0.05, 0.1) is 12.6 Å². The first kappa shape index (κ1) is 13.8. The van der Waals surface area contributed by atoms with Gasteiger partial charge in [0.25, 0.3) is 5.82 Å². The van der Waals surface area contributed by atoms with Crippen LogP contribution in [-0.2, 0) is 6.42 Å². The van der Waals surface area contributed by atoms with Crippen molar-refractivity contribution in [3.05, 3.63) is 35.4 Å². The average Bonchev–Trinajstić information content (AvgIpc) is 2.53. The molecule has 21 heavy (non-hydrogen) atoms. The van der Waals surface area contributed by atoms with E-state index in [0.717, 1.165) is 42.5 Å². The molecule has 1 fully saturated rings. The van der Waals surface area contributed by atoms with Crippen molar-refractivity contribution in [2.45, 2.75) is 32.3 Å². The zero-order chi connectivity index (χ0) is 14.8. The van der Waals surface area contributed by atoms with Gasteiger partial charge in [0.1, 0.15) is 23.7 Å². The van der Waals surface area contributed by atoms with Crippen LogP contribution in [0.2, 0.25) is 0 Å². The van der Waals surface area contributed by atoms with Crippen molar-refractivity contribution in [1.82, 2.24) is 0 Å². The lowest BCUT2D eigenvalue weighted by molar-refractivity contribution is -0.331. The lowest BCUT2D eigenvalue weighted by Crippen LogP contribution is -2.41. The zero-order valence-corrected chi connectivity index (χ0v) is 12.3. The molecule has 4 nitrogen and oxygen atoms in total. The number of β-amino-alcohol motifs (C(OH)–C–C–N with tert-alkyl or cyclic N) is 1. The van der Waals surface area contributed by atoms with E-state index < -0.39 is 0 Å². The highest BCUT2D eigenvalue weighted by Crippen LogP contribution is 2.23. The number of benzene rings is 1. The average molecular weight is 282 g/mol. The Morgan fingerprint density at radius 2 is 2.29 bits per heavy atom. The molecule has 0 unspecified atom stereocenters. The number of hydrogen-bond donors (Lipinski definition) is 1. The maximum atomic E-state index is 9.86. The zero-order valence-electron chi connectivity index (χ0n) is 12.3. The third kappa shape index (κ3) is 2.70. The fourth-order valence-electron chi connectivity index (χ4n) is 2.97. The Labute approximate surface area is 124 Å². The van der Waals surface area contributed by atoms with Crippen molar-refractivity contribution >= 4 is 16.7 Å². The minimum absolute atomic E-state index is 0.309. The van der Waals surface area contributed by atoms with E-state index >= 15 is 0 Å². The molecule has 1 aliphatic heterocycles. The quantitative estimate of drug-likeness (QED) is 0.917. The minimum Gasteiger partial charge on any atom is -0.389 e. The summed E-state index contributed by atoms with van der Waals surface area (Å²) in [6.45, 7) is 3.60. The molecule has 0 amide bonds. The van der Waals surface area contributed by atoms with Crippen molar-refractivity contribution in [2.75, 3.05) is 18.0 Å². The number of fused-ring (bicyclic) bond motifs is 1. The van der Waals surface area contributed by atoms with Gasteiger partial charge in [0.2, 0.25) is 0 Å². The molecule has 3 rings (SSSR count). The molecule has 1 atom stereocenters. The summed E-state index contributed by atoms with van der Waals surface area (Å²) in [4.78, 5) is 5.49. The number of aliphatic hydroxyl groups excluding tert-OH is 1. The molecule has 1 saturated heterocycles. The number of nitrogens with zero attached hydrogens (tertiary/aromatic N) is 2. The monoisotopic (exact) mass is 282 g/mol. The van der Waals surface area contributed by atoms with Crippen LogP contribution in [0.1, 0.15) is 30.9 Å². The van der Waals surface area contributed by atoms with Crippen LogP contribution in [0.15, 0.2) is 24.3 Å². The molecule has 0 aliphatic carbocycles. The number of piperidine rings is 1. The van der Waals surface area contributed by atoms with Crippen LogP contribution < -0.4 is 9.88 Å². The van der Waals surface area contributed by atoms with E-state index in [-0.39, 0.29) is 6.10 Å². The van der Waals surface area contributed by atoms with E-state index in [4.69, 9.17) is 0 Å². The van der Waals surface area contributed by atoms with Gasteiger partial charge in [-0.05, 0) is 37.0 Å². The predicted octanol–water partition coefficient (Wildman–Crippen LogP) is 2.05. The molecule has 1 aliphatic rings. The largest absolute Gasteiger partial charge is 0.389 e. The topological polar surface area (TPSA) is 61.4 Å². The van der Waals surface area contributed by atoms with Gasteiger partial charge < -0.3 is 5.11 Å². The van der Waals surface area contributed by atoms with Crippen LogP contribution in [0.25, 0.3) is 10.9 Å². The summed E-state index contributed by atoms with van der Waals surface area (Å²) in [6, 6.07) is 10.5. The third-order valence-corrected chi connectivity index (χ3v) is 4.17. The summed E-state index contributed by atoms with van der Waals surface area (Å²) in [6.07, 6.45) is 2.47. The molecule has 0 spiro atoms. The number of aromatic nitrogens is 1. The Balaban J connectivity index is 2.09. The number of nitrogens with one attached hydrogen (secondary N) is 1. The predicted molar refractivity (Wildman–Crippen MR) is 82.1 cm³/mol. The summed E-state index contributed by atoms with van der Waals surface area (Å²) >= 11 is 0. The number of pyridine rings is 1. The fraction of sp³-hybridized carbons (Fsp3) is 0.412. The molecule has 2 N–H and O–H groups in total. The third-order valence-electron chi connectivity index (χ3n) is 4.17. The van der Waals surface area contributed by atoms with Crippen LogP contribution in [-0.4, -0.2) is 24.3 Å². The second-order valence-corrected chi connectivity index (χ2v) is 5.66. The SMILES string of the molecule is CCc1ccc2cc(C#N)c(N3CCC[C@H](O)C3)[nH+]c2c1. The summed E-state index contributed by atoms with van der Waals surface area (Å²) < 4.78 is 0. The lowest BCUT2D eigenvalue weighted by Gasteiger charge is -2.25. The standard InChI is InChI=1S/C17H19N3O/c1-2-12-5-6-13-9-14(10-18)17(19-16(13)8-12)20-7-3-4-15(21)11-20/h5-6,8-9,15,21H,2-4,7,11H2,1H3/p+1/t15-/m0/s1. The molecule has 2 heterocycles. The normalized spacial score (nSPS) is 18.7. The molecular formula is C17H20N3O+. The van der Waals surface area contributed by atoms with E-state index in [1.54, 1.807) is 0 Å². The number of aliphatic hydroxyl groups is 1. The van der Waals surface area contributed by atoms with Crippen LogP contribution >= 0.6 is 0 Å². The second-order valence-electron chi connectivity index (χ2n) is 5.66. The van der Waals surface area contributed by atoms with Crippen LogP contribution in [0.4, 0.5) is 5.82 Å². The maximum absolute atomic E-state index is 9.86. The van der Waals surface area contributed by atoms with Crippen LogP contribution in [0.3, 0.4) is 0 Å². The van der Waals surface area contributed by atoms with Gasteiger partial charge >= 0.3 is 0 Å². The number of rotatable bonds is 2. The van der Waals surface area contributed by atoms with E-state index in [1.807, 2.05) is 6.07 Å². The summed E-state index contributed by atoms with van der Waals surface area (Å²) in [5.41, 5.74) is 2.96. The van der Waals surface area contributed by atoms with Crippen LogP contribution in [0.5, 0.6) is 0 Å². The number of H-pyrrole nitrogens is 1. The van der Waals surface area contributed by atoms with E-state index in [0.29, 0.717) is 12.1 Å². The Morgan fingerprint density at radius 1 is 1.43 bits per heavy atom. The highest BCUT2D eigenvalue weighted by molar-refractivity contribution is 5.79. The Morgan fingerprint density at radius 3 is 3.00 bits per heavy atom. The molecule has 4 heteroatoms. The molecule has 0 radical (unpaired) electrons. The molecular weight excluding hydrogens is 262 g/mol. The molecule has 108 valence electrons. The van der Waals surface area contributed by atoms with Crippen LogP contribution in [0, 0.1) is 11.3 Å². The first-order chi connectivity index (χ1) is 10.2. The molecule has 0 saturated carbocycles. The van der Waals surface area contributed by atoms with Gasteiger partial charge in [-0.2, -0.15) is 5.26 Å². The van der Waals surface area contributed by atoms with E-state index in [1.165, 1.54) is 5.56 Å². The van der Waals surface area contributed by atoms with Gasteiger partial charge in [0.15, 0.2) is 0 Å². The van der Waals surface area contributed by atoms with Gasteiger partial charge in [-0.3, -0.25) is 4.90 Å². The first-order valence-electron chi connectivity index (χ1n) is 7.53. The number of aryl methyl sites for hydroxylation is 1. The molecule has 2 aromatic rings. The Hall–Kier alpha value is -2.12. The summed E-state index contributed by atoms with van der Waals surface area (Å²) in [5.74, 6) is 0.831. The van der Waals surface area contributed by atoms with Gasteiger partial charge in [-0.25, -0.2) is 4.98 Å². The number of aromatic amines is 1. The van der Waals surface area contributed by atoms with Gasteiger partial charge in [-0.15, -0.1) is 0 Å². The van der Waals surface area contributed by atoms with Crippen molar-refractivity contribution in [3.8, 4) is 6.07 Å². The maximum Gasteiger partial charge on any atom is 0.293 e. The summed E-state index contributed by atoms with van der Waals surface area (Å²) in [5, 5.41) is 20.3. The van der Waals surface area contributed by atoms with Crippen molar-refractivity contribution in [3.63, 3.8) is 0 Å². The highest BCUT2D eigenvalue weighted by atomic mass is 16.3. The van der Waals surface area contributed by atoms with Crippen molar-refractivity contribution in [1.29, 1.82) is 5.26 Å². The number of hydrogen-bond acceptors (Lipinski definition) is 3. The van der Waals surface area contributed by atoms with Crippen molar-refractivity contribution in [2.24, 2.45) is 0 Å². The van der Waals surface area contributed by atoms with Gasteiger partial charge in [0, 0.05) is 5.39 Å². The molecule has 1 aromatic carbocycles. The molecule has 1 aromatic heterocycles. The Kier molecular flexibility index (Phi) is 3.76. The highest BCUT2D eigenvalue weighted by Gasteiger charge is 2.27. The number of nitriles is 1. The number of anilines is 1. The fourth-order valence-corrected chi connectivity index (χ4v) is 2.97. The van der Waals surface area contributed by atoms with Gasteiger partial charge in [-0.1, -0.05) is 19.1 Å². The first-order valence-corrected chi connectivity index (χ1v) is 7.53.